The van der Waals surface area contributed by atoms with Gasteiger partial charge in [-0.25, -0.2) is 13.8 Å². The molecule has 4 heteroatoms. The molecule has 0 aromatic carbocycles. The maximum absolute atomic E-state index is 12.8. The fraction of sp³-hybridized carbons (Fsp3) is 0.375. The molecule has 12 heavy (non-hydrogen) atoms. The van der Waals surface area contributed by atoms with Crippen LogP contribution in [0.3, 0.4) is 0 Å². The third-order valence-electron chi connectivity index (χ3n) is 1.46. The molecule has 0 amide bonds. The van der Waals surface area contributed by atoms with E-state index in [0.717, 1.165) is 0 Å². The Balaban J connectivity index is 3.23. The molecule has 0 N–H and O–H groups in total. The molecule has 0 saturated carbocycles. The topological polar surface area (TPSA) is 12.9 Å². The Morgan fingerprint density at radius 3 is 2.25 bits per heavy atom. The number of aromatic nitrogens is 1. The first-order valence-electron chi connectivity index (χ1n) is 3.53. The van der Waals surface area contributed by atoms with E-state index in [1.54, 1.807) is 13.8 Å². The van der Waals surface area contributed by atoms with Crippen LogP contribution in [0.25, 0.3) is 0 Å². The maximum Gasteiger partial charge on any atom is 0.249 e. The van der Waals surface area contributed by atoms with Crippen molar-refractivity contribution in [2.75, 3.05) is 0 Å². The van der Waals surface area contributed by atoms with Crippen molar-refractivity contribution in [3.63, 3.8) is 0 Å². The predicted octanol–water partition coefficient (Wildman–Crippen LogP) is 2.62. The van der Waals surface area contributed by atoms with Gasteiger partial charge in [-0.2, -0.15) is 4.39 Å². The first-order valence-corrected chi connectivity index (χ1v) is 3.53. The van der Waals surface area contributed by atoms with Crippen LogP contribution in [-0.4, -0.2) is 4.98 Å². The zero-order valence-electron chi connectivity index (χ0n) is 6.74. The van der Waals surface area contributed by atoms with Gasteiger partial charge in [-0.15, -0.1) is 0 Å². The largest absolute Gasteiger partial charge is 0.249 e. The molecule has 0 bridgehead atoms. The van der Waals surface area contributed by atoms with Crippen molar-refractivity contribution in [1.82, 2.24) is 4.98 Å². The van der Waals surface area contributed by atoms with Gasteiger partial charge in [0.15, 0.2) is 5.82 Å². The number of pyridine rings is 1. The average Bonchev–Trinajstić information content (AvgIpc) is 1.96. The van der Waals surface area contributed by atoms with E-state index in [1.165, 1.54) is 0 Å². The summed E-state index contributed by atoms with van der Waals surface area (Å²) in [6.45, 7) is 3.31. The average molecular weight is 175 g/mol. The zero-order valence-corrected chi connectivity index (χ0v) is 6.74. The minimum atomic E-state index is -1.25. The van der Waals surface area contributed by atoms with E-state index in [2.05, 4.69) is 4.98 Å². The second-order valence-electron chi connectivity index (χ2n) is 2.78. The summed E-state index contributed by atoms with van der Waals surface area (Å²) in [6.07, 6.45) is 0. The van der Waals surface area contributed by atoms with Gasteiger partial charge < -0.3 is 0 Å². The molecule has 0 unspecified atom stereocenters. The van der Waals surface area contributed by atoms with Gasteiger partial charge in [0.05, 0.1) is 5.69 Å². The molecule has 0 fully saturated rings. The fourth-order valence-corrected chi connectivity index (χ4v) is 0.862. The summed E-state index contributed by atoms with van der Waals surface area (Å²) >= 11 is 0. The second-order valence-corrected chi connectivity index (χ2v) is 2.78. The summed E-state index contributed by atoms with van der Waals surface area (Å²) < 4.78 is 37.6. The van der Waals surface area contributed by atoms with Crippen molar-refractivity contribution in [1.29, 1.82) is 0 Å². The van der Waals surface area contributed by atoms with Gasteiger partial charge in [0.2, 0.25) is 5.95 Å². The lowest BCUT2D eigenvalue weighted by Crippen LogP contribution is -2.02. The van der Waals surface area contributed by atoms with Gasteiger partial charge in [0.1, 0.15) is 5.82 Å². The molecule has 0 aliphatic carbocycles. The third kappa shape index (κ3) is 1.57. The van der Waals surface area contributed by atoms with E-state index in [-0.39, 0.29) is 11.6 Å². The van der Waals surface area contributed by atoms with Gasteiger partial charge in [0, 0.05) is 6.07 Å². The van der Waals surface area contributed by atoms with Crippen molar-refractivity contribution in [3.8, 4) is 0 Å². The molecule has 1 nitrogen and oxygen atoms in total. The van der Waals surface area contributed by atoms with Crippen LogP contribution in [0, 0.1) is 17.6 Å². The number of halogens is 3. The summed E-state index contributed by atoms with van der Waals surface area (Å²) in [5, 5.41) is 0. The minimum absolute atomic E-state index is 0.0473. The molecule has 1 rings (SSSR count). The highest BCUT2D eigenvalue weighted by molar-refractivity contribution is 5.12. The number of hydrogen-bond acceptors (Lipinski definition) is 1. The molecule has 1 aromatic rings. The van der Waals surface area contributed by atoms with E-state index >= 15 is 0 Å². The lowest BCUT2D eigenvalue weighted by atomic mass is 10.1. The molecule has 0 atom stereocenters. The van der Waals surface area contributed by atoms with Crippen molar-refractivity contribution >= 4 is 0 Å². The molecular formula is C8H8F3N. The Morgan fingerprint density at radius 2 is 1.75 bits per heavy atom. The normalized spacial score (nSPS) is 10.8. The Bertz CT molecular complexity index is 297. The third-order valence-corrected chi connectivity index (χ3v) is 1.46. The number of nitrogens with zero attached hydrogens (tertiary/aromatic N) is 1. The number of rotatable bonds is 1. The standard InChI is InChI=1S/C8H8F3N/c1-4(2)7-5(9)3-6(10)8(11)12-7/h3-4H,1-2H3. The first-order chi connectivity index (χ1) is 5.52. The summed E-state index contributed by atoms with van der Waals surface area (Å²) in [5.41, 5.74) is -0.0473. The van der Waals surface area contributed by atoms with Crippen LogP contribution < -0.4 is 0 Å². The molecule has 1 heterocycles. The Labute approximate surface area is 68.2 Å². The Kier molecular flexibility index (Phi) is 2.35. The van der Waals surface area contributed by atoms with Crippen molar-refractivity contribution < 1.29 is 13.2 Å². The van der Waals surface area contributed by atoms with E-state index in [0.29, 0.717) is 6.07 Å². The van der Waals surface area contributed by atoms with Crippen LogP contribution in [0.5, 0.6) is 0 Å². The predicted molar refractivity (Wildman–Crippen MR) is 38.2 cm³/mol. The van der Waals surface area contributed by atoms with Crippen LogP contribution in [0.15, 0.2) is 6.07 Å². The highest BCUT2D eigenvalue weighted by Gasteiger charge is 2.13. The zero-order chi connectivity index (χ0) is 9.30. The highest BCUT2D eigenvalue weighted by Crippen LogP contribution is 2.17. The molecular weight excluding hydrogens is 167 g/mol. The van der Waals surface area contributed by atoms with E-state index in [1.807, 2.05) is 0 Å². The van der Waals surface area contributed by atoms with Gasteiger partial charge in [0.25, 0.3) is 0 Å². The van der Waals surface area contributed by atoms with E-state index in [4.69, 9.17) is 0 Å². The quantitative estimate of drug-likeness (QED) is 0.598. The van der Waals surface area contributed by atoms with Crippen LogP contribution in [-0.2, 0) is 0 Å². The molecule has 0 saturated heterocycles. The van der Waals surface area contributed by atoms with Crippen LogP contribution in [0.1, 0.15) is 25.5 Å². The monoisotopic (exact) mass is 175 g/mol. The summed E-state index contributed by atoms with van der Waals surface area (Å²) in [5.74, 6) is -3.55. The van der Waals surface area contributed by atoms with Gasteiger partial charge in [-0.3, -0.25) is 0 Å². The van der Waals surface area contributed by atoms with Crippen LogP contribution >= 0.6 is 0 Å². The van der Waals surface area contributed by atoms with E-state index < -0.39 is 17.6 Å². The summed E-state index contributed by atoms with van der Waals surface area (Å²) in [7, 11) is 0. The van der Waals surface area contributed by atoms with Crippen LogP contribution in [0.2, 0.25) is 0 Å². The van der Waals surface area contributed by atoms with Gasteiger partial charge in [-0.05, 0) is 5.92 Å². The molecule has 0 spiro atoms. The molecule has 0 aliphatic rings. The van der Waals surface area contributed by atoms with Crippen molar-refractivity contribution in [2.45, 2.75) is 19.8 Å². The first kappa shape index (κ1) is 9.03. The number of hydrogen-bond donors (Lipinski definition) is 0. The fourth-order valence-electron chi connectivity index (χ4n) is 0.862. The SMILES string of the molecule is CC(C)c1nc(F)c(F)cc1F. The second kappa shape index (κ2) is 3.13. The highest BCUT2D eigenvalue weighted by atomic mass is 19.2. The molecule has 66 valence electrons. The van der Waals surface area contributed by atoms with E-state index in [9.17, 15) is 13.2 Å². The van der Waals surface area contributed by atoms with Gasteiger partial charge in [-0.1, -0.05) is 13.8 Å². The smallest absolute Gasteiger partial charge is 0.219 e. The summed E-state index contributed by atoms with van der Waals surface area (Å²) in [6, 6.07) is 0.512. The lowest BCUT2D eigenvalue weighted by molar-refractivity contribution is 0.451. The Morgan fingerprint density at radius 1 is 1.17 bits per heavy atom. The van der Waals surface area contributed by atoms with Gasteiger partial charge >= 0.3 is 0 Å². The summed E-state index contributed by atoms with van der Waals surface area (Å²) in [4.78, 5) is 3.16. The van der Waals surface area contributed by atoms with Crippen molar-refractivity contribution in [2.24, 2.45) is 0 Å². The molecule has 0 aliphatic heterocycles. The maximum atomic E-state index is 12.8. The molecule has 0 radical (unpaired) electrons. The lowest BCUT2D eigenvalue weighted by Gasteiger charge is -2.05. The minimum Gasteiger partial charge on any atom is -0.219 e. The molecule has 1 aromatic heterocycles. The Hall–Kier alpha value is -1.06. The van der Waals surface area contributed by atoms with Crippen molar-refractivity contribution in [3.05, 3.63) is 29.3 Å². The van der Waals surface area contributed by atoms with Crippen LogP contribution in [0.4, 0.5) is 13.2 Å².